The molecule has 0 radical (unpaired) electrons. The Kier molecular flexibility index (Phi) is 5.71. The summed E-state index contributed by atoms with van der Waals surface area (Å²) in [7, 11) is 0. The number of benzene rings is 3. The van der Waals surface area contributed by atoms with Gasteiger partial charge in [0.25, 0.3) is 0 Å². The van der Waals surface area contributed by atoms with Crippen LogP contribution < -0.4 is 16.0 Å². The quantitative estimate of drug-likeness (QED) is 0.624. The number of nitrogens with one attached hydrogen (secondary N) is 3. The van der Waals surface area contributed by atoms with Crippen LogP contribution in [0.3, 0.4) is 0 Å². The van der Waals surface area contributed by atoms with Crippen molar-refractivity contribution in [2.75, 3.05) is 10.6 Å². The van der Waals surface area contributed by atoms with Crippen molar-refractivity contribution >= 4 is 34.1 Å². The van der Waals surface area contributed by atoms with Crippen molar-refractivity contribution in [2.45, 2.75) is 26.3 Å². The van der Waals surface area contributed by atoms with Crippen molar-refractivity contribution in [3.8, 4) is 0 Å². The highest BCUT2D eigenvalue weighted by Gasteiger charge is 2.08. The van der Waals surface area contributed by atoms with E-state index < -0.39 is 0 Å². The van der Waals surface area contributed by atoms with Gasteiger partial charge in [0.2, 0.25) is 5.91 Å². The van der Waals surface area contributed by atoms with Gasteiger partial charge < -0.3 is 16.0 Å². The van der Waals surface area contributed by atoms with Crippen molar-refractivity contribution in [2.24, 2.45) is 0 Å². The van der Waals surface area contributed by atoms with E-state index >= 15 is 0 Å². The summed E-state index contributed by atoms with van der Waals surface area (Å²) < 4.78 is 0. The van der Waals surface area contributed by atoms with Crippen LogP contribution in [-0.4, -0.2) is 18.0 Å². The second-order valence-corrected chi connectivity index (χ2v) is 6.69. The average molecular weight is 361 g/mol. The molecule has 5 heteroatoms. The SMILES string of the molecule is CC(C)NC(=O)Nc1ccc(NC(=O)Cc2cccc3ccccc23)cc1. The van der Waals surface area contributed by atoms with Gasteiger partial charge in [-0.1, -0.05) is 42.5 Å². The lowest BCUT2D eigenvalue weighted by Crippen LogP contribution is -2.34. The lowest BCUT2D eigenvalue weighted by molar-refractivity contribution is -0.115. The van der Waals surface area contributed by atoms with Gasteiger partial charge in [-0.3, -0.25) is 4.79 Å². The Morgan fingerprint density at radius 3 is 2.15 bits per heavy atom. The molecule has 5 nitrogen and oxygen atoms in total. The van der Waals surface area contributed by atoms with Crippen LogP contribution in [0.1, 0.15) is 19.4 Å². The number of amides is 3. The molecule has 3 aromatic rings. The van der Waals surface area contributed by atoms with E-state index in [0.29, 0.717) is 17.8 Å². The zero-order valence-electron chi connectivity index (χ0n) is 15.5. The highest BCUT2D eigenvalue weighted by atomic mass is 16.2. The maximum Gasteiger partial charge on any atom is 0.319 e. The van der Waals surface area contributed by atoms with E-state index in [1.54, 1.807) is 24.3 Å². The van der Waals surface area contributed by atoms with Gasteiger partial charge in [-0.05, 0) is 54.4 Å². The van der Waals surface area contributed by atoms with Gasteiger partial charge in [-0.15, -0.1) is 0 Å². The molecule has 0 saturated carbocycles. The first kappa shape index (κ1) is 18.5. The molecule has 3 amide bonds. The fraction of sp³-hybridized carbons (Fsp3) is 0.182. The first-order valence-electron chi connectivity index (χ1n) is 8.95. The monoisotopic (exact) mass is 361 g/mol. The highest BCUT2D eigenvalue weighted by molar-refractivity contribution is 5.96. The largest absolute Gasteiger partial charge is 0.336 e. The topological polar surface area (TPSA) is 70.2 Å². The molecule has 0 spiro atoms. The predicted octanol–water partition coefficient (Wildman–Crippen LogP) is 4.55. The summed E-state index contributed by atoms with van der Waals surface area (Å²) in [6, 6.07) is 20.9. The van der Waals surface area contributed by atoms with E-state index in [1.165, 1.54) is 0 Å². The van der Waals surface area contributed by atoms with Crippen molar-refractivity contribution in [1.29, 1.82) is 0 Å². The summed E-state index contributed by atoms with van der Waals surface area (Å²) in [4.78, 5) is 24.1. The molecule has 0 atom stereocenters. The van der Waals surface area contributed by atoms with Gasteiger partial charge in [0, 0.05) is 17.4 Å². The molecule has 0 aromatic heterocycles. The molecule has 0 bridgehead atoms. The summed E-state index contributed by atoms with van der Waals surface area (Å²) in [5.41, 5.74) is 2.35. The molecule has 3 aromatic carbocycles. The summed E-state index contributed by atoms with van der Waals surface area (Å²) >= 11 is 0. The van der Waals surface area contributed by atoms with Crippen LogP contribution in [0, 0.1) is 0 Å². The third kappa shape index (κ3) is 5.07. The Morgan fingerprint density at radius 2 is 1.44 bits per heavy atom. The summed E-state index contributed by atoms with van der Waals surface area (Å²) in [6.07, 6.45) is 0.304. The number of hydrogen-bond donors (Lipinski definition) is 3. The minimum absolute atomic E-state index is 0.0672. The third-order valence-electron chi connectivity index (χ3n) is 4.08. The molecule has 3 rings (SSSR count). The van der Waals surface area contributed by atoms with Crippen LogP contribution in [-0.2, 0) is 11.2 Å². The predicted molar refractivity (Wildman–Crippen MR) is 110 cm³/mol. The number of carbonyl (C=O) groups is 2. The normalized spacial score (nSPS) is 10.6. The smallest absolute Gasteiger partial charge is 0.319 e. The summed E-state index contributed by atoms with van der Waals surface area (Å²) in [6.45, 7) is 3.79. The highest BCUT2D eigenvalue weighted by Crippen LogP contribution is 2.20. The maximum absolute atomic E-state index is 12.4. The Hall–Kier alpha value is -3.34. The van der Waals surface area contributed by atoms with Crippen LogP contribution >= 0.6 is 0 Å². The molecule has 3 N–H and O–H groups in total. The van der Waals surface area contributed by atoms with Crippen molar-refractivity contribution in [3.05, 3.63) is 72.3 Å². The van der Waals surface area contributed by atoms with Gasteiger partial charge in [0.05, 0.1) is 6.42 Å². The number of carbonyl (C=O) groups excluding carboxylic acids is 2. The molecular weight excluding hydrogens is 338 g/mol. The van der Waals surface area contributed by atoms with E-state index in [9.17, 15) is 9.59 Å². The Balaban J connectivity index is 1.61. The van der Waals surface area contributed by atoms with Crippen LogP contribution in [0.5, 0.6) is 0 Å². The molecule has 0 aliphatic heterocycles. The third-order valence-corrected chi connectivity index (χ3v) is 4.08. The first-order chi connectivity index (χ1) is 13.0. The van der Waals surface area contributed by atoms with Gasteiger partial charge in [0.1, 0.15) is 0 Å². The number of rotatable bonds is 5. The molecule has 0 aliphatic rings. The van der Waals surface area contributed by atoms with E-state index in [1.807, 2.05) is 56.3 Å². The fourth-order valence-electron chi connectivity index (χ4n) is 2.89. The Labute approximate surface area is 158 Å². The Morgan fingerprint density at radius 1 is 0.815 bits per heavy atom. The fourth-order valence-corrected chi connectivity index (χ4v) is 2.89. The summed E-state index contributed by atoms with van der Waals surface area (Å²) in [5.74, 6) is -0.0791. The molecule has 0 saturated heterocycles. The molecular formula is C22H23N3O2. The van der Waals surface area contributed by atoms with Crippen molar-refractivity contribution < 1.29 is 9.59 Å². The standard InChI is InChI=1S/C22H23N3O2/c1-15(2)23-22(27)25-19-12-10-18(11-13-19)24-21(26)14-17-8-5-7-16-6-3-4-9-20(16)17/h3-13,15H,14H2,1-2H3,(H,24,26)(H2,23,25,27). The first-order valence-corrected chi connectivity index (χ1v) is 8.95. The number of urea groups is 1. The van der Waals surface area contributed by atoms with E-state index in [2.05, 4.69) is 16.0 Å². The van der Waals surface area contributed by atoms with Gasteiger partial charge in [0.15, 0.2) is 0 Å². The minimum Gasteiger partial charge on any atom is -0.336 e. The van der Waals surface area contributed by atoms with Crippen molar-refractivity contribution in [3.63, 3.8) is 0 Å². The van der Waals surface area contributed by atoms with Crippen molar-refractivity contribution in [1.82, 2.24) is 5.32 Å². The molecule has 0 fully saturated rings. The van der Waals surface area contributed by atoms with E-state index in [4.69, 9.17) is 0 Å². The van der Waals surface area contributed by atoms with E-state index in [-0.39, 0.29) is 18.0 Å². The summed E-state index contributed by atoms with van der Waals surface area (Å²) in [5, 5.41) is 10.6. The van der Waals surface area contributed by atoms with Crippen LogP contribution in [0.15, 0.2) is 66.7 Å². The zero-order valence-corrected chi connectivity index (χ0v) is 15.5. The number of anilines is 2. The van der Waals surface area contributed by atoms with Gasteiger partial charge in [-0.2, -0.15) is 0 Å². The van der Waals surface area contributed by atoms with Crippen LogP contribution in [0.2, 0.25) is 0 Å². The van der Waals surface area contributed by atoms with Gasteiger partial charge >= 0.3 is 6.03 Å². The molecule has 0 heterocycles. The molecule has 0 unspecified atom stereocenters. The number of hydrogen-bond acceptors (Lipinski definition) is 2. The Bertz CT molecular complexity index is 944. The maximum atomic E-state index is 12.4. The lowest BCUT2D eigenvalue weighted by atomic mass is 10.0. The van der Waals surface area contributed by atoms with Crippen LogP contribution in [0.4, 0.5) is 16.2 Å². The molecule has 27 heavy (non-hydrogen) atoms. The average Bonchev–Trinajstić information content (AvgIpc) is 2.63. The second kappa shape index (κ2) is 8.36. The number of fused-ring (bicyclic) bond motifs is 1. The minimum atomic E-state index is -0.252. The van der Waals surface area contributed by atoms with Crippen LogP contribution in [0.25, 0.3) is 10.8 Å². The molecule has 0 aliphatic carbocycles. The van der Waals surface area contributed by atoms with Gasteiger partial charge in [-0.25, -0.2) is 4.79 Å². The second-order valence-electron chi connectivity index (χ2n) is 6.69. The lowest BCUT2D eigenvalue weighted by Gasteiger charge is -2.11. The van der Waals surface area contributed by atoms with E-state index in [0.717, 1.165) is 16.3 Å². The molecule has 138 valence electrons. The zero-order chi connectivity index (χ0) is 19.2.